The van der Waals surface area contributed by atoms with Crippen LogP contribution in [-0.4, -0.2) is 22.8 Å². The highest BCUT2D eigenvalue weighted by Crippen LogP contribution is 2.42. The van der Waals surface area contributed by atoms with Gasteiger partial charge in [0.05, 0.1) is 0 Å². The summed E-state index contributed by atoms with van der Waals surface area (Å²) < 4.78 is 11.5. The van der Waals surface area contributed by atoms with Gasteiger partial charge in [0.25, 0.3) is 0 Å². The van der Waals surface area contributed by atoms with Crippen LogP contribution in [0.25, 0.3) is 21.9 Å². The number of phenols is 1. The third-order valence-electron chi connectivity index (χ3n) is 4.74. The molecule has 0 saturated heterocycles. The minimum Gasteiger partial charge on any atom is -0.508 e. The van der Waals surface area contributed by atoms with Crippen molar-refractivity contribution < 1.29 is 24.5 Å². The number of carboxylic acids is 1. The summed E-state index contributed by atoms with van der Waals surface area (Å²) in [6, 6.07) is 24.0. The number of hydrogen-bond donors (Lipinski definition) is 2. The minimum absolute atomic E-state index is 0.195. The summed E-state index contributed by atoms with van der Waals surface area (Å²) in [5.41, 5.74) is 3.03. The number of ether oxygens (including phenoxy) is 2. The van der Waals surface area contributed by atoms with Crippen molar-refractivity contribution in [2.45, 2.75) is 6.92 Å². The maximum Gasteiger partial charge on any atom is 0.341 e. The highest BCUT2D eigenvalue weighted by atomic mass is 16.5. The highest BCUT2D eigenvalue weighted by molar-refractivity contribution is 5.97. The Balaban J connectivity index is 1.79. The molecule has 0 spiro atoms. The van der Waals surface area contributed by atoms with Crippen molar-refractivity contribution in [3.63, 3.8) is 0 Å². The fourth-order valence-electron chi connectivity index (χ4n) is 3.43. The molecule has 4 aromatic carbocycles. The van der Waals surface area contributed by atoms with Crippen LogP contribution < -0.4 is 9.47 Å². The van der Waals surface area contributed by atoms with Crippen LogP contribution in [0.2, 0.25) is 0 Å². The van der Waals surface area contributed by atoms with E-state index < -0.39 is 12.6 Å². The first kappa shape index (κ1) is 19.3. The number of carboxylic acid groups (broad SMARTS) is 1. The number of aliphatic carboxylic acids is 1. The van der Waals surface area contributed by atoms with Crippen LogP contribution in [0.4, 0.5) is 0 Å². The Morgan fingerprint density at radius 2 is 1.60 bits per heavy atom. The van der Waals surface area contributed by atoms with E-state index in [0.29, 0.717) is 17.2 Å². The van der Waals surface area contributed by atoms with Gasteiger partial charge in [0.1, 0.15) is 23.0 Å². The second-order valence-electron chi connectivity index (χ2n) is 6.92. The fourth-order valence-corrected chi connectivity index (χ4v) is 3.43. The van der Waals surface area contributed by atoms with E-state index in [1.165, 1.54) is 0 Å². The molecule has 0 aromatic heterocycles. The van der Waals surface area contributed by atoms with Gasteiger partial charge in [-0.25, -0.2) is 4.79 Å². The molecule has 0 bridgehead atoms. The molecular weight excluding hydrogens is 380 g/mol. The summed E-state index contributed by atoms with van der Waals surface area (Å²) in [5.74, 6) is 0.898. The first-order valence-electron chi connectivity index (χ1n) is 9.45. The molecule has 150 valence electrons. The van der Waals surface area contributed by atoms with Crippen LogP contribution in [0.1, 0.15) is 5.56 Å². The van der Waals surface area contributed by atoms with Crippen molar-refractivity contribution in [1.82, 2.24) is 0 Å². The average Bonchev–Trinajstić information content (AvgIpc) is 2.73. The zero-order valence-electron chi connectivity index (χ0n) is 16.3. The molecule has 2 N–H and O–H groups in total. The lowest BCUT2D eigenvalue weighted by Gasteiger charge is -2.18. The molecule has 0 aliphatic carbocycles. The van der Waals surface area contributed by atoms with E-state index in [1.807, 2.05) is 49.4 Å². The van der Waals surface area contributed by atoms with E-state index in [9.17, 15) is 9.90 Å². The van der Waals surface area contributed by atoms with Crippen molar-refractivity contribution in [3.8, 4) is 34.1 Å². The molecule has 0 heterocycles. The largest absolute Gasteiger partial charge is 0.508 e. The number of aromatic hydroxyl groups is 1. The number of phenolic OH excluding ortho intramolecular Hbond substituents is 1. The Morgan fingerprint density at radius 1 is 0.900 bits per heavy atom. The van der Waals surface area contributed by atoms with E-state index >= 15 is 0 Å². The van der Waals surface area contributed by atoms with Crippen LogP contribution >= 0.6 is 0 Å². The van der Waals surface area contributed by atoms with Gasteiger partial charge in [-0.1, -0.05) is 36.4 Å². The highest BCUT2D eigenvalue weighted by Gasteiger charge is 2.16. The zero-order valence-corrected chi connectivity index (χ0v) is 16.3. The Bertz CT molecular complexity index is 1200. The van der Waals surface area contributed by atoms with Gasteiger partial charge in [0.15, 0.2) is 6.61 Å². The van der Waals surface area contributed by atoms with Gasteiger partial charge in [-0.2, -0.15) is 0 Å². The first-order valence-corrected chi connectivity index (χ1v) is 9.45. The molecule has 5 nitrogen and oxygen atoms in total. The summed E-state index contributed by atoms with van der Waals surface area (Å²) in [6.07, 6.45) is 0. The van der Waals surface area contributed by atoms with E-state index in [0.717, 1.165) is 27.5 Å². The van der Waals surface area contributed by atoms with E-state index in [-0.39, 0.29) is 5.75 Å². The van der Waals surface area contributed by atoms with Gasteiger partial charge in [-0.3, -0.25) is 0 Å². The smallest absolute Gasteiger partial charge is 0.341 e. The van der Waals surface area contributed by atoms with Gasteiger partial charge in [-0.15, -0.1) is 0 Å². The third-order valence-corrected chi connectivity index (χ3v) is 4.74. The number of aryl methyl sites for hydroxylation is 1. The minimum atomic E-state index is -1.03. The van der Waals surface area contributed by atoms with Gasteiger partial charge in [0, 0.05) is 10.9 Å². The van der Waals surface area contributed by atoms with Crippen molar-refractivity contribution in [2.75, 3.05) is 6.61 Å². The molecule has 0 aliphatic rings. The normalized spacial score (nSPS) is 10.7. The number of hydrogen-bond acceptors (Lipinski definition) is 4. The van der Waals surface area contributed by atoms with E-state index in [4.69, 9.17) is 14.6 Å². The summed E-state index contributed by atoms with van der Waals surface area (Å²) in [6.45, 7) is 1.62. The van der Waals surface area contributed by atoms with Gasteiger partial charge < -0.3 is 19.7 Å². The quantitative estimate of drug-likeness (QED) is 0.429. The second kappa shape index (κ2) is 8.17. The molecule has 0 atom stereocenters. The van der Waals surface area contributed by atoms with Crippen LogP contribution in [0.15, 0.2) is 78.9 Å². The fraction of sp³-hybridized carbons (Fsp3) is 0.0800. The lowest BCUT2D eigenvalue weighted by Crippen LogP contribution is -2.09. The van der Waals surface area contributed by atoms with Crippen LogP contribution in [0, 0.1) is 6.92 Å². The predicted molar refractivity (Wildman–Crippen MR) is 115 cm³/mol. The molecule has 4 rings (SSSR count). The maximum absolute atomic E-state index is 10.7. The van der Waals surface area contributed by atoms with Crippen molar-refractivity contribution in [3.05, 3.63) is 84.4 Å². The van der Waals surface area contributed by atoms with Crippen molar-refractivity contribution >= 4 is 16.7 Å². The summed E-state index contributed by atoms with van der Waals surface area (Å²) in [7, 11) is 0. The van der Waals surface area contributed by atoms with E-state index in [2.05, 4.69) is 0 Å². The molecule has 0 unspecified atom stereocenters. The number of benzene rings is 4. The Hall–Kier alpha value is -3.99. The van der Waals surface area contributed by atoms with Gasteiger partial charge >= 0.3 is 5.97 Å². The van der Waals surface area contributed by atoms with Crippen LogP contribution in [0.5, 0.6) is 23.0 Å². The lowest BCUT2D eigenvalue weighted by atomic mass is 9.94. The molecule has 0 fully saturated rings. The van der Waals surface area contributed by atoms with Gasteiger partial charge in [-0.05, 0) is 65.9 Å². The number of carbonyl (C=O) groups is 1. The Labute approximate surface area is 173 Å². The second-order valence-corrected chi connectivity index (χ2v) is 6.92. The predicted octanol–water partition coefficient (Wildman–Crippen LogP) is 5.78. The monoisotopic (exact) mass is 400 g/mol. The number of rotatable bonds is 6. The topological polar surface area (TPSA) is 76.0 Å². The summed E-state index contributed by atoms with van der Waals surface area (Å²) in [4.78, 5) is 10.7. The third kappa shape index (κ3) is 4.05. The molecule has 0 amide bonds. The lowest BCUT2D eigenvalue weighted by molar-refractivity contribution is -0.139. The standard InChI is InChI=1S/C25H20O5/c1-16-13-18-14-19(26)7-12-22(18)25(24(16)17-5-3-2-4-6-17)30-21-10-8-20(9-11-21)29-15-23(27)28/h2-14,26H,15H2,1H3,(H,27,28). The number of fused-ring (bicyclic) bond motifs is 1. The Morgan fingerprint density at radius 3 is 2.30 bits per heavy atom. The van der Waals surface area contributed by atoms with Crippen molar-refractivity contribution in [1.29, 1.82) is 0 Å². The molecular formula is C25H20O5. The molecule has 4 aromatic rings. The first-order chi connectivity index (χ1) is 14.5. The molecule has 30 heavy (non-hydrogen) atoms. The van der Waals surface area contributed by atoms with Crippen LogP contribution in [-0.2, 0) is 4.79 Å². The average molecular weight is 400 g/mol. The maximum atomic E-state index is 10.7. The molecule has 0 aliphatic heterocycles. The zero-order chi connectivity index (χ0) is 21.1. The molecule has 0 radical (unpaired) electrons. The summed E-state index contributed by atoms with van der Waals surface area (Å²) in [5, 5.41) is 20.4. The van der Waals surface area contributed by atoms with E-state index in [1.54, 1.807) is 36.4 Å². The molecule has 5 heteroatoms. The van der Waals surface area contributed by atoms with Crippen LogP contribution in [0.3, 0.4) is 0 Å². The SMILES string of the molecule is Cc1cc2cc(O)ccc2c(Oc2ccc(OCC(=O)O)cc2)c1-c1ccccc1. The van der Waals surface area contributed by atoms with Gasteiger partial charge in [0.2, 0.25) is 0 Å². The van der Waals surface area contributed by atoms with Crippen molar-refractivity contribution in [2.24, 2.45) is 0 Å². The molecule has 0 saturated carbocycles. The summed E-state index contributed by atoms with van der Waals surface area (Å²) >= 11 is 0. The Kier molecular flexibility index (Phi) is 5.26.